The van der Waals surface area contributed by atoms with E-state index in [-0.39, 0.29) is 29.3 Å². The van der Waals surface area contributed by atoms with Gasteiger partial charge >= 0.3 is 6.18 Å². The first-order chi connectivity index (χ1) is 13.6. The van der Waals surface area contributed by atoms with Gasteiger partial charge in [0, 0.05) is 24.2 Å². The molecule has 3 unspecified atom stereocenters. The molecule has 0 bridgehead atoms. The quantitative estimate of drug-likeness (QED) is 0.779. The molecule has 5 nitrogen and oxygen atoms in total. The van der Waals surface area contributed by atoms with Crippen LogP contribution in [0.3, 0.4) is 0 Å². The van der Waals surface area contributed by atoms with Crippen LogP contribution in [0.5, 0.6) is 0 Å². The van der Waals surface area contributed by atoms with Crippen molar-refractivity contribution in [2.45, 2.75) is 75.0 Å². The highest BCUT2D eigenvalue weighted by Crippen LogP contribution is 2.37. The van der Waals surface area contributed by atoms with E-state index in [9.17, 15) is 26.4 Å². The predicted molar refractivity (Wildman–Crippen MR) is 103 cm³/mol. The van der Waals surface area contributed by atoms with Crippen LogP contribution < -0.4 is 5.32 Å². The van der Waals surface area contributed by atoms with E-state index in [0.29, 0.717) is 19.4 Å². The monoisotopic (exact) mass is 432 g/mol. The fraction of sp³-hybridized carbons (Fsp3) is 0.650. The number of nitrogens with one attached hydrogen (secondary N) is 1. The lowest BCUT2D eigenvalue weighted by molar-refractivity contribution is -0.183. The summed E-state index contributed by atoms with van der Waals surface area (Å²) in [6.45, 7) is 2.37. The highest BCUT2D eigenvalue weighted by Gasteiger charge is 2.42. The Morgan fingerprint density at radius 1 is 1.07 bits per heavy atom. The Kier molecular flexibility index (Phi) is 6.57. The van der Waals surface area contributed by atoms with E-state index < -0.39 is 34.1 Å². The molecule has 1 aromatic carbocycles. The molecule has 162 valence electrons. The van der Waals surface area contributed by atoms with Crippen molar-refractivity contribution in [1.29, 1.82) is 0 Å². The smallest absolute Gasteiger partial charge is 0.349 e. The number of amides is 1. The number of piperidine rings is 1. The third kappa shape index (κ3) is 5.12. The lowest BCUT2D eigenvalue weighted by atomic mass is 9.85. The van der Waals surface area contributed by atoms with Gasteiger partial charge < -0.3 is 5.32 Å². The van der Waals surface area contributed by atoms with Gasteiger partial charge in [0.1, 0.15) is 0 Å². The molecule has 1 saturated heterocycles. The van der Waals surface area contributed by atoms with Gasteiger partial charge in [-0.05, 0) is 63.3 Å². The summed E-state index contributed by atoms with van der Waals surface area (Å²) in [5.74, 6) is -1.87. The van der Waals surface area contributed by atoms with E-state index in [0.717, 1.165) is 19.3 Å². The van der Waals surface area contributed by atoms with E-state index in [1.807, 2.05) is 6.92 Å². The molecule has 2 aliphatic rings. The summed E-state index contributed by atoms with van der Waals surface area (Å²) in [7, 11) is -3.63. The first kappa shape index (κ1) is 22.1. The predicted octanol–water partition coefficient (Wildman–Crippen LogP) is 4.10. The molecular weight excluding hydrogens is 405 g/mol. The number of carbonyl (C=O) groups is 1. The number of hydrogen-bond acceptors (Lipinski definition) is 3. The van der Waals surface area contributed by atoms with Gasteiger partial charge in [0.15, 0.2) is 0 Å². The number of halogens is 3. The molecule has 0 spiro atoms. The maximum absolute atomic E-state index is 12.9. The van der Waals surface area contributed by atoms with Crippen LogP contribution in [0.15, 0.2) is 29.2 Å². The summed E-state index contributed by atoms with van der Waals surface area (Å²) in [4.78, 5) is 12.6. The molecule has 1 aliphatic carbocycles. The van der Waals surface area contributed by atoms with E-state index in [4.69, 9.17) is 0 Å². The fourth-order valence-electron chi connectivity index (χ4n) is 4.23. The summed E-state index contributed by atoms with van der Waals surface area (Å²) in [6.07, 6.45) is -0.693. The van der Waals surface area contributed by atoms with Gasteiger partial charge in [0.2, 0.25) is 10.0 Å². The summed E-state index contributed by atoms with van der Waals surface area (Å²) in [6, 6.07) is 5.03. The van der Waals surface area contributed by atoms with Crippen molar-refractivity contribution < 1.29 is 26.4 Å². The molecule has 1 saturated carbocycles. The third-order valence-electron chi connectivity index (χ3n) is 5.94. The number of carbonyl (C=O) groups excluding carboxylic acids is 1. The molecule has 0 aromatic heterocycles. The van der Waals surface area contributed by atoms with Crippen molar-refractivity contribution in [3.63, 3.8) is 0 Å². The lowest BCUT2D eigenvalue weighted by Gasteiger charge is -2.32. The minimum atomic E-state index is -4.25. The van der Waals surface area contributed by atoms with Crippen molar-refractivity contribution in [3.05, 3.63) is 29.8 Å². The molecule has 1 aliphatic heterocycles. The zero-order valence-electron chi connectivity index (χ0n) is 16.4. The van der Waals surface area contributed by atoms with Crippen molar-refractivity contribution in [3.8, 4) is 0 Å². The standard InChI is InChI=1S/C20H27F3N2O3S/c1-14-5-2-3-12-25(14)29(27,28)18-10-8-15(9-11-18)19(26)24-17-7-4-6-16(13-17)20(21,22)23/h8-11,14,16-17H,2-7,12-13H2,1H3,(H,24,26). The topological polar surface area (TPSA) is 66.5 Å². The van der Waals surface area contributed by atoms with Crippen molar-refractivity contribution in [2.75, 3.05) is 6.54 Å². The fourth-order valence-corrected chi connectivity index (χ4v) is 5.93. The maximum atomic E-state index is 12.9. The van der Waals surface area contributed by atoms with Crippen molar-refractivity contribution in [2.24, 2.45) is 5.92 Å². The first-order valence-corrected chi connectivity index (χ1v) is 11.5. The summed E-state index contributed by atoms with van der Waals surface area (Å²) >= 11 is 0. The van der Waals surface area contributed by atoms with E-state index in [1.54, 1.807) is 0 Å². The second kappa shape index (κ2) is 8.63. The number of hydrogen-bond donors (Lipinski definition) is 1. The van der Waals surface area contributed by atoms with E-state index in [1.165, 1.54) is 28.6 Å². The van der Waals surface area contributed by atoms with Gasteiger partial charge in [-0.1, -0.05) is 12.8 Å². The number of rotatable bonds is 4. The summed E-state index contributed by atoms with van der Waals surface area (Å²) < 4.78 is 66.0. The molecule has 3 rings (SSSR count). The number of alkyl halides is 3. The van der Waals surface area contributed by atoms with Crippen LogP contribution in [-0.4, -0.2) is 43.4 Å². The molecule has 2 fully saturated rings. The normalized spacial score (nSPS) is 26.8. The second-order valence-electron chi connectivity index (χ2n) is 8.06. The van der Waals surface area contributed by atoms with Gasteiger partial charge in [-0.25, -0.2) is 8.42 Å². The van der Waals surface area contributed by atoms with Gasteiger partial charge in [-0.2, -0.15) is 17.5 Å². The van der Waals surface area contributed by atoms with Crippen LogP contribution in [0, 0.1) is 5.92 Å². The summed E-state index contributed by atoms with van der Waals surface area (Å²) in [5.41, 5.74) is 0.241. The number of benzene rings is 1. The average molecular weight is 433 g/mol. The van der Waals surface area contributed by atoms with Crippen molar-refractivity contribution in [1.82, 2.24) is 9.62 Å². The number of nitrogens with zero attached hydrogens (tertiary/aromatic N) is 1. The molecule has 29 heavy (non-hydrogen) atoms. The minimum Gasteiger partial charge on any atom is -0.349 e. The van der Waals surface area contributed by atoms with E-state index >= 15 is 0 Å². The Bertz CT molecular complexity index is 824. The molecule has 1 N–H and O–H groups in total. The Morgan fingerprint density at radius 3 is 2.38 bits per heavy atom. The zero-order valence-corrected chi connectivity index (χ0v) is 17.2. The van der Waals surface area contributed by atoms with Gasteiger partial charge in [0.25, 0.3) is 5.91 Å². The maximum Gasteiger partial charge on any atom is 0.391 e. The molecule has 1 aromatic rings. The largest absolute Gasteiger partial charge is 0.391 e. The van der Waals surface area contributed by atoms with Crippen LogP contribution in [0.2, 0.25) is 0 Å². The van der Waals surface area contributed by atoms with Crippen LogP contribution in [-0.2, 0) is 10.0 Å². The Balaban J connectivity index is 1.66. The average Bonchev–Trinajstić information content (AvgIpc) is 2.68. The molecule has 3 atom stereocenters. The number of sulfonamides is 1. The lowest BCUT2D eigenvalue weighted by Crippen LogP contribution is -2.42. The summed E-state index contributed by atoms with van der Waals surface area (Å²) in [5, 5.41) is 2.67. The van der Waals surface area contributed by atoms with Crippen LogP contribution in [0.4, 0.5) is 13.2 Å². The molecule has 9 heteroatoms. The molecule has 1 amide bonds. The van der Waals surface area contributed by atoms with E-state index in [2.05, 4.69) is 5.32 Å². The highest BCUT2D eigenvalue weighted by molar-refractivity contribution is 7.89. The molecule has 1 heterocycles. The Hall–Kier alpha value is -1.61. The van der Waals surface area contributed by atoms with Crippen molar-refractivity contribution >= 4 is 15.9 Å². The first-order valence-electron chi connectivity index (χ1n) is 10.1. The zero-order chi connectivity index (χ0) is 21.2. The second-order valence-corrected chi connectivity index (χ2v) is 9.95. The molecule has 0 radical (unpaired) electrons. The van der Waals surface area contributed by atoms with Gasteiger partial charge in [0.05, 0.1) is 10.8 Å². The Labute approximate surface area is 169 Å². The van der Waals surface area contributed by atoms with Crippen LogP contribution in [0.25, 0.3) is 0 Å². The van der Waals surface area contributed by atoms with Crippen LogP contribution in [0.1, 0.15) is 62.2 Å². The minimum absolute atomic E-state index is 0.0652. The van der Waals surface area contributed by atoms with Gasteiger partial charge in [-0.3, -0.25) is 4.79 Å². The highest BCUT2D eigenvalue weighted by atomic mass is 32.2. The third-order valence-corrected chi connectivity index (χ3v) is 7.97. The van der Waals surface area contributed by atoms with Gasteiger partial charge in [-0.15, -0.1) is 0 Å². The SMILES string of the molecule is CC1CCCCN1S(=O)(=O)c1ccc(C(=O)NC2CCCC(C(F)(F)F)C2)cc1. The van der Waals surface area contributed by atoms with Crippen LogP contribution >= 0.6 is 0 Å². The Morgan fingerprint density at radius 2 is 1.76 bits per heavy atom. The molecular formula is C20H27F3N2O3S.